The first-order valence-electron chi connectivity index (χ1n) is 7.13. The fourth-order valence-electron chi connectivity index (χ4n) is 3.06. The molecule has 0 saturated heterocycles. The van der Waals surface area contributed by atoms with Gasteiger partial charge >= 0.3 is 6.18 Å². The Morgan fingerprint density at radius 2 is 1.90 bits per heavy atom. The normalized spacial score (nSPS) is 23.1. The minimum absolute atomic E-state index is 0.0159. The second-order valence-corrected chi connectivity index (χ2v) is 5.75. The number of hydrogen-bond acceptors (Lipinski definition) is 1. The van der Waals surface area contributed by atoms with Crippen LogP contribution in [0.5, 0.6) is 0 Å². The third-order valence-electron chi connectivity index (χ3n) is 4.28. The Bertz CT molecular complexity index is 521. The van der Waals surface area contributed by atoms with Crippen LogP contribution in [-0.4, -0.2) is 12.0 Å². The van der Waals surface area contributed by atoms with Crippen molar-refractivity contribution in [1.29, 1.82) is 0 Å². The number of halogens is 4. The van der Waals surface area contributed by atoms with E-state index in [4.69, 9.17) is 0 Å². The van der Waals surface area contributed by atoms with E-state index in [1.54, 1.807) is 13.0 Å². The number of carbonyl (C=O) groups excluding carboxylic acids is 1. The molecule has 2 rings (SSSR count). The molecule has 5 heteroatoms. The molecule has 0 N–H and O–H groups in total. The zero-order valence-corrected chi connectivity index (χ0v) is 11.8. The Balaban J connectivity index is 2.16. The number of benzene rings is 1. The average molecular weight is 302 g/mol. The molecule has 116 valence electrons. The van der Waals surface area contributed by atoms with Crippen LogP contribution in [0, 0.1) is 24.6 Å². The standard InChI is InChI=1S/C16H18F4O/c1-10-6-7-12(17)8-11(10)9-15(21)13-4-2-3-5-14(13)16(18,19)20/h6-8,13-14H,2-5,9H2,1H3. The molecule has 2 unspecified atom stereocenters. The monoisotopic (exact) mass is 302 g/mol. The molecule has 0 amide bonds. The van der Waals surface area contributed by atoms with Crippen LogP contribution in [0.3, 0.4) is 0 Å². The lowest BCUT2D eigenvalue weighted by Crippen LogP contribution is -2.37. The van der Waals surface area contributed by atoms with Gasteiger partial charge in [-0.2, -0.15) is 13.2 Å². The number of aryl methyl sites for hydroxylation is 1. The van der Waals surface area contributed by atoms with Crippen molar-refractivity contribution in [3.8, 4) is 0 Å². The van der Waals surface area contributed by atoms with E-state index in [0.717, 1.165) is 5.56 Å². The number of rotatable bonds is 3. The van der Waals surface area contributed by atoms with E-state index in [2.05, 4.69) is 0 Å². The molecular formula is C16H18F4O. The van der Waals surface area contributed by atoms with Gasteiger partial charge in [0, 0.05) is 12.3 Å². The lowest BCUT2D eigenvalue weighted by atomic mass is 9.75. The summed E-state index contributed by atoms with van der Waals surface area (Å²) in [4.78, 5) is 12.3. The highest BCUT2D eigenvalue weighted by Crippen LogP contribution is 2.42. The van der Waals surface area contributed by atoms with Gasteiger partial charge in [-0.05, 0) is 43.0 Å². The number of alkyl halides is 3. The number of hydrogen-bond donors (Lipinski definition) is 0. The van der Waals surface area contributed by atoms with E-state index in [0.29, 0.717) is 18.4 Å². The zero-order valence-electron chi connectivity index (χ0n) is 11.8. The van der Waals surface area contributed by atoms with Crippen LogP contribution in [0.25, 0.3) is 0 Å². The first kappa shape index (κ1) is 16.0. The van der Waals surface area contributed by atoms with Gasteiger partial charge in [0.15, 0.2) is 0 Å². The Hall–Kier alpha value is -1.39. The topological polar surface area (TPSA) is 17.1 Å². The van der Waals surface area contributed by atoms with Gasteiger partial charge < -0.3 is 0 Å². The highest BCUT2D eigenvalue weighted by molar-refractivity contribution is 5.84. The summed E-state index contributed by atoms with van der Waals surface area (Å²) < 4.78 is 52.3. The van der Waals surface area contributed by atoms with Crippen LogP contribution < -0.4 is 0 Å². The highest BCUT2D eigenvalue weighted by Gasteiger charge is 2.47. The van der Waals surface area contributed by atoms with Crippen molar-refractivity contribution in [1.82, 2.24) is 0 Å². The summed E-state index contributed by atoms with van der Waals surface area (Å²) in [5, 5.41) is 0. The molecule has 0 aliphatic heterocycles. The van der Waals surface area contributed by atoms with Crippen LogP contribution in [0.15, 0.2) is 18.2 Å². The molecule has 1 saturated carbocycles. The van der Waals surface area contributed by atoms with Crippen molar-refractivity contribution in [3.05, 3.63) is 35.1 Å². The van der Waals surface area contributed by atoms with Crippen molar-refractivity contribution in [3.63, 3.8) is 0 Å². The van der Waals surface area contributed by atoms with Crippen molar-refractivity contribution < 1.29 is 22.4 Å². The van der Waals surface area contributed by atoms with E-state index in [9.17, 15) is 22.4 Å². The maximum absolute atomic E-state index is 13.2. The Morgan fingerprint density at radius 3 is 2.57 bits per heavy atom. The summed E-state index contributed by atoms with van der Waals surface area (Å²) >= 11 is 0. The SMILES string of the molecule is Cc1ccc(F)cc1CC(=O)C1CCCCC1C(F)(F)F. The first-order valence-corrected chi connectivity index (χ1v) is 7.13. The smallest absolute Gasteiger partial charge is 0.299 e. The van der Waals surface area contributed by atoms with Gasteiger partial charge in [0.1, 0.15) is 11.6 Å². The summed E-state index contributed by atoms with van der Waals surface area (Å²) in [6.07, 6.45) is -3.02. The summed E-state index contributed by atoms with van der Waals surface area (Å²) in [6.45, 7) is 1.73. The van der Waals surface area contributed by atoms with Crippen molar-refractivity contribution >= 4 is 5.78 Å². The third kappa shape index (κ3) is 3.83. The van der Waals surface area contributed by atoms with Gasteiger partial charge in [-0.1, -0.05) is 18.9 Å². The van der Waals surface area contributed by atoms with Gasteiger partial charge in [-0.25, -0.2) is 4.39 Å². The molecule has 1 fully saturated rings. The molecule has 1 nitrogen and oxygen atoms in total. The van der Waals surface area contributed by atoms with Crippen LogP contribution in [0.4, 0.5) is 17.6 Å². The van der Waals surface area contributed by atoms with Gasteiger partial charge in [0.25, 0.3) is 0 Å². The van der Waals surface area contributed by atoms with Crippen LogP contribution in [-0.2, 0) is 11.2 Å². The second kappa shape index (κ2) is 6.16. The molecule has 0 radical (unpaired) electrons. The summed E-state index contributed by atoms with van der Waals surface area (Å²) in [6, 6.07) is 4.06. The van der Waals surface area contributed by atoms with E-state index >= 15 is 0 Å². The van der Waals surface area contributed by atoms with Crippen molar-refractivity contribution in [2.24, 2.45) is 11.8 Å². The van der Waals surface area contributed by atoms with Crippen LogP contribution >= 0.6 is 0 Å². The molecule has 0 bridgehead atoms. The van der Waals surface area contributed by atoms with Gasteiger partial charge in [-0.3, -0.25) is 4.79 Å². The second-order valence-electron chi connectivity index (χ2n) is 5.75. The van der Waals surface area contributed by atoms with E-state index in [1.165, 1.54) is 12.1 Å². The van der Waals surface area contributed by atoms with Crippen molar-refractivity contribution in [2.75, 3.05) is 0 Å². The average Bonchev–Trinajstić information content (AvgIpc) is 2.42. The number of carbonyl (C=O) groups is 1. The maximum Gasteiger partial charge on any atom is 0.392 e. The lowest BCUT2D eigenvalue weighted by Gasteiger charge is -2.32. The molecule has 0 heterocycles. The Morgan fingerprint density at radius 1 is 1.24 bits per heavy atom. The highest BCUT2D eigenvalue weighted by atomic mass is 19.4. The molecule has 1 aromatic carbocycles. The molecule has 21 heavy (non-hydrogen) atoms. The quantitative estimate of drug-likeness (QED) is 0.745. The van der Waals surface area contributed by atoms with E-state index in [1.807, 2.05) is 0 Å². The molecule has 1 aromatic rings. The van der Waals surface area contributed by atoms with E-state index in [-0.39, 0.29) is 19.3 Å². The minimum Gasteiger partial charge on any atom is -0.299 e. The fraction of sp³-hybridized carbons (Fsp3) is 0.562. The third-order valence-corrected chi connectivity index (χ3v) is 4.28. The van der Waals surface area contributed by atoms with Crippen LogP contribution in [0.1, 0.15) is 36.8 Å². The first-order chi connectivity index (χ1) is 9.79. The largest absolute Gasteiger partial charge is 0.392 e. The molecule has 0 aromatic heterocycles. The molecule has 1 aliphatic carbocycles. The molecule has 1 aliphatic rings. The molecule has 2 atom stereocenters. The van der Waals surface area contributed by atoms with Gasteiger partial charge in [0.2, 0.25) is 0 Å². The minimum atomic E-state index is -4.34. The number of ketones is 1. The van der Waals surface area contributed by atoms with Crippen LogP contribution in [0.2, 0.25) is 0 Å². The summed E-state index contributed by atoms with van der Waals surface area (Å²) in [7, 11) is 0. The summed E-state index contributed by atoms with van der Waals surface area (Å²) in [5.74, 6) is -3.43. The lowest BCUT2D eigenvalue weighted by molar-refractivity contribution is -0.197. The fourth-order valence-corrected chi connectivity index (χ4v) is 3.06. The Kier molecular flexibility index (Phi) is 4.69. The maximum atomic E-state index is 13.2. The van der Waals surface area contributed by atoms with Crippen molar-refractivity contribution in [2.45, 2.75) is 45.2 Å². The van der Waals surface area contributed by atoms with Gasteiger partial charge in [-0.15, -0.1) is 0 Å². The molecule has 0 spiro atoms. The zero-order chi connectivity index (χ0) is 15.6. The number of Topliss-reactive ketones (excluding diaryl/α,β-unsaturated/α-hetero) is 1. The summed E-state index contributed by atoms with van der Waals surface area (Å²) in [5.41, 5.74) is 1.20. The predicted molar refractivity (Wildman–Crippen MR) is 71.4 cm³/mol. The Labute approximate surface area is 121 Å². The van der Waals surface area contributed by atoms with Gasteiger partial charge in [0.05, 0.1) is 5.92 Å². The van der Waals surface area contributed by atoms with E-state index < -0.39 is 29.6 Å². The molecular weight excluding hydrogens is 284 g/mol. The predicted octanol–water partition coefficient (Wildman–Crippen LogP) is 4.61.